The number of hydrogen-bond donors (Lipinski definition) is 2. The molecule has 2 heterocycles. The van der Waals surface area contributed by atoms with Gasteiger partial charge in [0.25, 0.3) is 11.5 Å². The third-order valence-electron chi connectivity index (χ3n) is 4.81. The number of carbonyl (C=O) groups is 2. The number of rotatable bonds is 5. The van der Waals surface area contributed by atoms with E-state index in [9.17, 15) is 14.4 Å². The van der Waals surface area contributed by atoms with Crippen LogP contribution in [0.4, 0.5) is 0 Å². The molecule has 1 aliphatic heterocycles. The van der Waals surface area contributed by atoms with Crippen LogP contribution in [-0.4, -0.2) is 40.9 Å². The Morgan fingerprint density at radius 1 is 1.14 bits per heavy atom. The van der Waals surface area contributed by atoms with E-state index in [2.05, 4.69) is 15.7 Å². The summed E-state index contributed by atoms with van der Waals surface area (Å²) in [4.78, 5) is 36.9. The zero-order valence-electron chi connectivity index (χ0n) is 15.6. The molecule has 1 fully saturated rings. The second kappa shape index (κ2) is 8.24. The Hall–Kier alpha value is -3.52. The van der Waals surface area contributed by atoms with Crippen molar-refractivity contribution in [2.24, 2.45) is 0 Å². The van der Waals surface area contributed by atoms with Crippen LogP contribution >= 0.6 is 0 Å². The number of morpholine rings is 1. The van der Waals surface area contributed by atoms with Crippen molar-refractivity contribution in [3.05, 3.63) is 76.7 Å². The van der Waals surface area contributed by atoms with Crippen molar-refractivity contribution in [2.45, 2.75) is 18.7 Å². The van der Waals surface area contributed by atoms with Crippen LogP contribution < -0.4 is 16.2 Å². The zero-order valence-corrected chi connectivity index (χ0v) is 15.6. The van der Waals surface area contributed by atoms with E-state index < -0.39 is 12.1 Å². The highest BCUT2D eigenvalue weighted by atomic mass is 16.5. The van der Waals surface area contributed by atoms with Gasteiger partial charge in [-0.15, -0.1) is 0 Å². The van der Waals surface area contributed by atoms with Crippen molar-refractivity contribution >= 4 is 22.6 Å². The SMILES string of the molecule is O=C1CO[C@H](C(=O)NCCn2ncc3ccccc3c2=O)[C@@H](c2ccccc2)N1. The van der Waals surface area contributed by atoms with Crippen LogP contribution in [0.2, 0.25) is 0 Å². The average molecular weight is 392 g/mol. The van der Waals surface area contributed by atoms with Gasteiger partial charge >= 0.3 is 0 Å². The number of fused-ring (bicyclic) bond motifs is 1. The van der Waals surface area contributed by atoms with Crippen molar-refractivity contribution in [2.75, 3.05) is 13.2 Å². The number of aromatic nitrogens is 2. The lowest BCUT2D eigenvalue weighted by atomic mass is 9.99. The molecule has 2 aromatic carbocycles. The Bertz CT molecular complexity index is 1100. The minimum absolute atomic E-state index is 0.174. The summed E-state index contributed by atoms with van der Waals surface area (Å²) in [5, 5.41) is 11.1. The van der Waals surface area contributed by atoms with Crippen LogP contribution in [0, 0.1) is 0 Å². The summed E-state index contributed by atoms with van der Waals surface area (Å²) in [5.41, 5.74) is 0.578. The maximum absolute atomic E-state index is 12.7. The third-order valence-corrected chi connectivity index (χ3v) is 4.81. The van der Waals surface area contributed by atoms with Gasteiger partial charge in [0.05, 0.1) is 24.2 Å². The van der Waals surface area contributed by atoms with Crippen molar-refractivity contribution in [1.82, 2.24) is 20.4 Å². The van der Waals surface area contributed by atoms with Gasteiger partial charge in [0.2, 0.25) is 5.91 Å². The predicted octanol–water partition coefficient (Wildman–Crippen LogP) is 0.769. The Labute approximate surface area is 166 Å². The van der Waals surface area contributed by atoms with E-state index in [0.29, 0.717) is 5.39 Å². The van der Waals surface area contributed by atoms with Crippen LogP contribution in [0.3, 0.4) is 0 Å². The molecule has 2 amide bonds. The van der Waals surface area contributed by atoms with Crippen LogP contribution in [0.5, 0.6) is 0 Å². The summed E-state index contributed by atoms with van der Waals surface area (Å²) in [6, 6.07) is 15.8. The smallest absolute Gasteiger partial charge is 0.274 e. The molecule has 2 N–H and O–H groups in total. The molecule has 1 saturated heterocycles. The number of nitrogens with one attached hydrogen (secondary N) is 2. The Kier molecular flexibility index (Phi) is 5.35. The summed E-state index contributed by atoms with van der Waals surface area (Å²) >= 11 is 0. The van der Waals surface area contributed by atoms with Crippen LogP contribution in [0.1, 0.15) is 11.6 Å². The Morgan fingerprint density at radius 3 is 2.72 bits per heavy atom. The van der Waals surface area contributed by atoms with Gasteiger partial charge in [0.1, 0.15) is 6.61 Å². The average Bonchev–Trinajstić information content (AvgIpc) is 2.76. The molecular weight excluding hydrogens is 372 g/mol. The Balaban J connectivity index is 1.43. The van der Waals surface area contributed by atoms with E-state index in [1.54, 1.807) is 18.3 Å². The summed E-state index contributed by atoms with van der Waals surface area (Å²) in [7, 11) is 0. The van der Waals surface area contributed by atoms with Crippen molar-refractivity contribution < 1.29 is 14.3 Å². The van der Waals surface area contributed by atoms with Crippen molar-refractivity contribution in [1.29, 1.82) is 0 Å². The Morgan fingerprint density at radius 2 is 1.90 bits per heavy atom. The van der Waals surface area contributed by atoms with E-state index >= 15 is 0 Å². The number of benzene rings is 2. The molecule has 0 bridgehead atoms. The highest BCUT2D eigenvalue weighted by Gasteiger charge is 2.35. The van der Waals surface area contributed by atoms with Gasteiger partial charge in [-0.2, -0.15) is 5.10 Å². The molecule has 0 unspecified atom stereocenters. The molecule has 29 heavy (non-hydrogen) atoms. The first-order valence-electron chi connectivity index (χ1n) is 9.32. The van der Waals surface area contributed by atoms with E-state index in [1.807, 2.05) is 42.5 Å². The monoisotopic (exact) mass is 392 g/mol. The number of amides is 2. The third kappa shape index (κ3) is 4.02. The number of carbonyl (C=O) groups excluding carboxylic acids is 2. The lowest BCUT2D eigenvalue weighted by Crippen LogP contribution is -2.52. The highest BCUT2D eigenvalue weighted by molar-refractivity contribution is 5.86. The predicted molar refractivity (Wildman–Crippen MR) is 106 cm³/mol. The first kappa shape index (κ1) is 18.8. The van der Waals surface area contributed by atoms with Crippen LogP contribution in [0.15, 0.2) is 65.6 Å². The molecule has 8 heteroatoms. The fraction of sp³-hybridized carbons (Fsp3) is 0.238. The lowest BCUT2D eigenvalue weighted by Gasteiger charge is -2.31. The highest BCUT2D eigenvalue weighted by Crippen LogP contribution is 2.22. The normalized spacial score (nSPS) is 19.0. The second-order valence-corrected chi connectivity index (χ2v) is 6.74. The molecule has 1 aliphatic rings. The van der Waals surface area contributed by atoms with Gasteiger partial charge in [0, 0.05) is 11.9 Å². The van der Waals surface area contributed by atoms with E-state index in [1.165, 1.54) is 4.68 Å². The summed E-state index contributed by atoms with van der Waals surface area (Å²) in [6.07, 6.45) is 0.778. The zero-order chi connectivity index (χ0) is 20.2. The molecule has 0 saturated carbocycles. The fourth-order valence-electron chi connectivity index (χ4n) is 3.37. The van der Waals surface area contributed by atoms with Crippen LogP contribution in [-0.2, 0) is 20.9 Å². The molecule has 3 aromatic rings. The van der Waals surface area contributed by atoms with Gasteiger partial charge in [-0.3, -0.25) is 14.4 Å². The van der Waals surface area contributed by atoms with Gasteiger partial charge in [-0.05, 0) is 11.6 Å². The molecule has 4 rings (SSSR count). The van der Waals surface area contributed by atoms with Gasteiger partial charge in [-0.1, -0.05) is 48.5 Å². The molecule has 148 valence electrons. The second-order valence-electron chi connectivity index (χ2n) is 6.74. The number of hydrogen-bond acceptors (Lipinski definition) is 5. The molecule has 0 aliphatic carbocycles. The van der Waals surface area contributed by atoms with Gasteiger partial charge in [0.15, 0.2) is 6.10 Å². The molecule has 2 atom stereocenters. The van der Waals surface area contributed by atoms with Gasteiger partial charge in [-0.25, -0.2) is 4.68 Å². The summed E-state index contributed by atoms with van der Waals surface area (Å²) in [6.45, 7) is 0.261. The van der Waals surface area contributed by atoms with E-state index in [4.69, 9.17) is 4.74 Å². The topological polar surface area (TPSA) is 102 Å². The van der Waals surface area contributed by atoms with Gasteiger partial charge < -0.3 is 15.4 Å². The summed E-state index contributed by atoms with van der Waals surface area (Å²) < 4.78 is 6.82. The minimum atomic E-state index is -0.851. The maximum atomic E-state index is 12.7. The van der Waals surface area contributed by atoms with Crippen molar-refractivity contribution in [3.63, 3.8) is 0 Å². The summed E-state index contributed by atoms with van der Waals surface area (Å²) in [5.74, 6) is -0.623. The van der Waals surface area contributed by atoms with Crippen molar-refractivity contribution in [3.8, 4) is 0 Å². The van der Waals surface area contributed by atoms with E-state index in [-0.39, 0.29) is 37.1 Å². The number of nitrogens with zero attached hydrogens (tertiary/aromatic N) is 2. The molecule has 8 nitrogen and oxygen atoms in total. The quantitative estimate of drug-likeness (QED) is 0.668. The molecule has 0 radical (unpaired) electrons. The lowest BCUT2D eigenvalue weighted by molar-refractivity contribution is -0.148. The molecule has 1 aromatic heterocycles. The van der Waals surface area contributed by atoms with Crippen LogP contribution in [0.25, 0.3) is 10.8 Å². The number of ether oxygens (including phenoxy) is 1. The maximum Gasteiger partial charge on any atom is 0.274 e. The first-order chi connectivity index (χ1) is 14.1. The first-order valence-corrected chi connectivity index (χ1v) is 9.32. The largest absolute Gasteiger partial charge is 0.356 e. The minimum Gasteiger partial charge on any atom is -0.356 e. The van der Waals surface area contributed by atoms with E-state index in [0.717, 1.165) is 10.9 Å². The fourth-order valence-corrected chi connectivity index (χ4v) is 3.37. The molecule has 0 spiro atoms. The standard InChI is InChI=1S/C21H20N4O4/c26-17-13-29-19(18(24-17)14-6-2-1-3-7-14)20(27)22-10-11-25-21(28)16-9-5-4-8-15(16)12-23-25/h1-9,12,18-19H,10-11,13H2,(H,22,27)(H,24,26)/t18-,19+/m1/s1. The molecular formula is C21H20N4O4.